The van der Waals surface area contributed by atoms with Crippen molar-refractivity contribution in [1.82, 2.24) is 9.80 Å². The van der Waals surface area contributed by atoms with Gasteiger partial charge in [0.05, 0.1) is 11.0 Å². The summed E-state index contributed by atoms with van der Waals surface area (Å²) in [7, 11) is 0. The van der Waals surface area contributed by atoms with Gasteiger partial charge < -0.3 is 10.6 Å². The first kappa shape index (κ1) is 13.2. The Morgan fingerprint density at radius 1 is 1.29 bits per heavy atom. The molecule has 0 spiro atoms. The Kier molecular flexibility index (Phi) is 4.77. The molecule has 4 heteroatoms. The summed E-state index contributed by atoms with van der Waals surface area (Å²) in [4.78, 5) is 5.77. The molecule has 2 aliphatic rings. The van der Waals surface area contributed by atoms with Gasteiger partial charge >= 0.3 is 0 Å². The highest BCUT2D eigenvalue weighted by Crippen LogP contribution is 2.30. The minimum atomic E-state index is 0.332. The third kappa shape index (κ3) is 3.90. The number of hydrogen-bond acceptors (Lipinski definition) is 3. The van der Waals surface area contributed by atoms with Crippen molar-refractivity contribution in [3.05, 3.63) is 0 Å². The lowest BCUT2D eigenvalue weighted by molar-refractivity contribution is 0.111. The van der Waals surface area contributed by atoms with Crippen LogP contribution in [0.5, 0.6) is 0 Å². The fourth-order valence-corrected chi connectivity index (χ4v) is 2.97. The molecule has 98 valence electrons. The zero-order chi connectivity index (χ0) is 12.3. The van der Waals surface area contributed by atoms with Crippen molar-refractivity contribution >= 4 is 17.2 Å². The minimum absolute atomic E-state index is 0.332. The normalized spacial score (nSPS) is 24.8. The number of nitrogens with zero attached hydrogens (tertiary/aromatic N) is 2. The monoisotopic (exact) mass is 255 g/mol. The van der Waals surface area contributed by atoms with E-state index in [2.05, 4.69) is 16.7 Å². The smallest absolute Gasteiger partial charge is 0.0902 e. The van der Waals surface area contributed by atoms with E-state index in [-0.39, 0.29) is 0 Å². The van der Waals surface area contributed by atoms with Crippen molar-refractivity contribution in [2.24, 2.45) is 11.7 Å². The Balaban J connectivity index is 1.77. The Hall–Kier alpha value is -0.190. The fourth-order valence-electron chi connectivity index (χ4n) is 2.70. The largest absolute Gasteiger partial charge is 0.392 e. The van der Waals surface area contributed by atoms with E-state index in [0.717, 1.165) is 31.8 Å². The van der Waals surface area contributed by atoms with Gasteiger partial charge in [0.2, 0.25) is 0 Å². The molecule has 0 amide bonds. The average Bonchev–Trinajstić information content (AvgIpc) is 3.11. The molecule has 1 saturated heterocycles. The third-order valence-electron chi connectivity index (χ3n) is 3.95. The van der Waals surface area contributed by atoms with Crippen LogP contribution in [0.4, 0.5) is 0 Å². The van der Waals surface area contributed by atoms with Gasteiger partial charge in [-0.05, 0) is 25.2 Å². The summed E-state index contributed by atoms with van der Waals surface area (Å²) in [5.74, 6) is 1.00. The van der Waals surface area contributed by atoms with Crippen molar-refractivity contribution in [2.45, 2.75) is 38.6 Å². The molecule has 2 fully saturated rings. The first-order valence-corrected chi connectivity index (χ1v) is 7.37. The number of piperazine rings is 1. The van der Waals surface area contributed by atoms with Crippen LogP contribution in [0.15, 0.2) is 0 Å². The summed E-state index contributed by atoms with van der Waals surface area (Å²) in [6, 6.07) is 0.332. The van der Waals surface area contributed by atoms with Crippen LogP contribution < -0.4 is 5.73 Å². The van der Waals surface area contributed by atoms with E-state index in [9.17, 15) is 0 Å². The SMILES string of the molecule is CCCC(C(N)=S)N1CCN(CC2CC2)CC1. The molecule has 1 unspecified atom stereocenters. The Labute approximate surface area is 110 Å². The van der Waals surface area contributed by atoms with Crippen LogP contribution in [0, 0.1) is 5.92 Å². The quantitative estimate of drug-likeness (QED) is 0.729. The van der Waals surface area contributed by atoms with E-state index in [1.165, 1.54) is 32.5 Å². The van der Waals surface area contributed by atoms with Crippen LogP contribution in [0.1, 0.15) is 32.6 Å². The topological polar surface area (TPSA) is 32.5 Å². The lowest BCUT2D eigenvalue weighted by Crippen LogP contribution is -2.53. The summed E-state index contributed by atoms with van der Waals surface area (Å²) < 4.78 is 0. The minimum Gasteiger partial charge on any atom is -0.392 e. The molecule has 2 rings (SSSR count). The number of thiocarbonyl (C=S) groups is 1. The zero-order valence-corrected chi connectivity index (χ0v) is 11.7. The summed E-state index contributed by atoms with van der Waals surface area (Å²) in [5, 5.41) is 0. The summed E-state index contributed by atoms with van der Waals surface area (Å²) >= 11 is 5.20. The van der Waals surface area contributed by atoms with Gasteiger partial charge in [-0.2, -0.15) is 0 Å². The van der Waals surface area contributed by atoms with E-state index in [0.29, 0.717) is 11.0 Å². The van der Waals surface area contributed by atoms with Crippen LogP contribution >= 0.6 is 12.2 Å². The Morgan fingerprint density at radius 2 is 1.94 bits per heavy atom. The van der Waals surface area contributed by atoms with Crippen LogP contribution in [0.3, 0.4) is 0 Å². The lowest BCUT2D eigenvalue weighted by atomic mass is 10.1. The van der Waals surface area contributed by atoms with Gasteiger partial charge in [0.25, 0.3) is 0 Å². The van der Waals surface area contributed by atoms with Crippen molar-refractivity contribution in [1.29, 1.82) is 0 Å². The first-order chi connectivity index (χ1) is 8.20. The second kappa shape index (κ2) is 6.12. The number of nitrogens with two attached hydrogens (primary N) is 1. The molecule has 1 heterocycles. The molecule has 0 radical (unpaired) electrons. The molecule has 1 atom stereocenters. The van der Waals surface area contributed by atoms with Crippen molar-refractivity contribution in [2.75, 3.05) is 32.7 Å². The van der Waals surface area contributed by atoms with Gasteiger partial charge in [0.1, 0.15) is 0 Å². The molecule has 3 nitrogen and oxygen atoms in total. The fraction of sp³-hybridized carbons (Fsp3) is 0.923. The molecular formula is C13H25N3S. The van der Waals surface area contributed by atoms with Crippen LogP contribution in [-0.4, -0.2) is 53.6 Å². The van der Waals surface area contributed by atoms with Gasteiger partial charge in [-0.1, -0.05) is 25.6 Å². The highest BCUT2D eigenvalue weighted by Gasteiger charge is 2.28. The van der Waals surface area contributed by atoms with Crippen molar-refractivity contribution < 1.29 is 0 Å². The molecule has 0 aromatic rings. The summed E-state index contributed by atoms with van der Waals surface area (Å²) in [6.07, 6.45) is 5.17. The van der Waals surface area contributed by atoms with Crippen molar-refractivity contribution in [3.63, 3.8) is 0 Å². The predicted octanol–water partition coefficient (Wildman–Crippen LogP) is 1.47. The maximum absolute atomic E-state index is 5.86. The second-order valence-corrected chi connectivity index (χ2v) is 5.96. The van der Waals surface area contributed by atoms with Gasteiger partial charge in [0, 0.05) is 32.7 Å². The van der Waals surface area contributed by atoms with Gasteiger partial charge in [-0.25, -0.2) is 0 Å². The Bertz CT molecular complexity index is 257. The highest BCUT2D eigenvalue weighted by atomic mass is 32.1. The van der Waals surface area contributed by atoms with E-state index >= 15 is 0 Å². The van der Waals surface area contributed by atoms with Crippen molar-refractivity contribution in [3.8, 4) is 0 Å². The molecule has 0 bridgehead atoms. The van der Waals surface area contributed by atoms with Gasteiger partial charge in [0.15, 0.2) is 0 Å². The average molecular weight is 255 g/mol. The maximum Gasteiger partial charge on any atom is 0.0902 e. The number of hydrogen-bond donors (Lipinski definition) is 1. The zero-order valence-electron chi connectivity index (χ0n) is 10.9. The van der Waals surface area contributed by atoms with E-state index < -0.39 is 0 Å². The molecule has 0 aromatic carbocycles. The summed E-state index contributed by atoms with van der Waals surface area (Å²) in [6.45, 7) is 8.18. The van der Waals surface area contributed by atoms with Crippen LogP contribution in [-0.2, 0) is 0 Å². The summed E-state index contributed by atoms with van der Waals surface area (Å²) in [5.41, 5.74) is 5.86. The standard InChI is InChI=1S/C13H25N3S/c1-2-3-12(13(14)17)16-8-6-15(7-9-16)10-11-4-5-11/h11-12H,2-10H2,1H3,(H2,14,17). The van der Waals surface area contributed by atoms with Crippen LogP contribution in [0.25, 0.3) is 0 Å². The maximum atomic E-state index is 5.86. The molecular weight excluding hydrogens is 230 g/mol. The Morgan fingerprint density at radius 3 is 2.41 bits per heavy atom. The highest BCUT2D eigenvalue weighted by molar-refractivity contribution is 7.80. The molecule has 1 saturated carbocycles. The molecule has 1 aliphatic heterocycles. The molecule has 0 aromatic heterocycles. The second-order valence-electron chi connectivity index (χ2n) is 5.49. The predicted molar refractivity (Wildman–Crippen MR) is 76.2 cm³/mol. The van der Waals surface area contributed by atoms with Gasteiger partial charge in [-0.15, -0.1) is 0 Å². The lowest BCUT2D eigenvalue weighted by Gasteiger charge is -2.39. The van der Waals surface area contributed by atoms with Crippen LogP contribution in [0.2, 0.25) is 0 Å². The van der Waals surface area contributed by atoms with E-state index in [1.807, 2.05) is 0 Å². The molecule has 17 heavy (non-hydrogen) atoms. The van der Waals surface area contributed by atoms with E-state index in [4.69, 9.17) is 18.0 Å². The molecule has 1 aliphatic carbocycles. The first-order valence-electron chi connectivity index (χ1n) is 6.96. The number of rotatable bonds is 6. The third-order valence-corrected chi connectivity index (χ3v) is 4.22. The van der Waals surface area contributed by atoms with Gasteiger partial charge in [-0.3, -0.25) is 4.90 Å². The van der Waals surface area contributed by atoms with E-state index in [1.54, 1.807) is 0 Å². The molecule has 2 N–H and O–H groups in total.